The first kappa shape index (κ1) is 12.2. The summed E-state index contributed by atoms with van der Waals surface area (Å²) in [4.78, 5) is 0. The standard InChI is InChI=1S/C14H13NO3/c16-8-2-1-3-12-4-6-14(7-5-12)17-10-13-9-15-18-11-13/h4-7,9,11,16H,2,8,10H2. The van der Waals surface area contributed by atoms with E-state index in [9.17, 15) is 0 Å². The van der Waals surface area contributed by atoms with Crippen LogP contribution in [0.15, 0.2) is 41.2 Å². The topological polar surface area (TPSA) is 55.5 Å². The zero-order valence-electron chi connectivity index (χ0n) is 9.80. The van der Waals surface area contributed by atoms with Gasteiger partial charge in [0, 0.05) is 17.5 Å². The fourth-order valence-electron chi connectivity index (χ4n) is 1.32. The summed E-state index contributed by atoms with van der Waals surface area (Å²) in [5.41, 5.74) is 1.79. The van der Waals surface area contributed by atoms with Gasteiger partial charge in [-0.05, 0) is 24.3 Å². The fraction of sp³-hybridized carbons (Fsp3) is 0.214. The summed E-state index contributed by atoms with van der Waals surface area (Å²) >= 11 is 0. The molecular formula is C14H13NO3. The van der Waals surface area contributed by atoms with Crippen LogP contribution in [0, 0.1) is 11.8 Å². The van der Waals surface area contributed by atoms with Gasteiger partial charge in [-0.25, -0.2) is 0 Å². The van der Waals surface area contributed by atoms with Crippen molar-refractivity contribution in [1.82, 2.24) is 5.16 Å². The Balaban J connectivity index is 1.90. The number of hydrogen-bond acceptors (Lipinski definition) is 4. The number of hydrogen-bond donors (Lipinski definition) is 1. The number of aromatic nitrogens is 1. The molecule has 1 N–H and O–H groups in total. The van der Waals surface area contributed by atoms with Crippen molar-refractivity contribution in [1.29, 1.82) is 0 Å². The van der Waals surface area contributed by atoms with E-state index >= 15 is 0 Å². The highest BCUT2D eigenvalue weighted by Crippen LogP contribution is 2.13. The number of nitrogens with zero attached hydrogens (tertiary/aromatic N) is 1. The molecule has 0 amide bonds. The van der Waals surface area contributed by atoms with Crippen molar-refractivity contribution < 1.29 is 14.4 Å². The van der Waals surface area contributed by atoms with E-state index in [1.54, 1.807) is 12.5 Å². The van der Waals surface area contributed by atoms with E-state index in [2.05, 4.69) is 17.0 Å². The van der Waals surface area contributed by atoms with Gasteiger partial charge >= 0.3 is 0 Å². The predicted molar refractivity (Wildman–Crippen MR) is 65.9 cm³/mol. The van der Waals surface area contributed by atoms with Gasteiger partial charge in [0.2, 0.25) is 0 Å². The zero-order valence-corrected chi connectivity index (χ0v) is 9.80. The van der Waals surface area contributed by atoms with Crippen LogP contribution in [0.4, 0.5) is 0 Å². The first-order valence-corrected chi connectivity index (χ1v) is 5.59. The Morgan fingerprint density at radius 2 is 2.11 bits per heavy atom. The van der Waals surface area contributed by atoms with Crippen molar-refractivity contribution in [2.45, 2.75) is 13.0 Å². The Hall–Kier alpha value is -2.25. The van der Waals surface area contributed by atoms with Gasteiger partial charge in [0.1, 0.15) is 18.6 Å². The molecule has 0 saturated heterocycles. The molecule has 0 saturated carbocycles. The number of benzene rings is 1. The minimum absolute atomic E-state index is 0.0902. The fourth-order valence-corrected chi connectivity index (χ4v) is 1.32. The molecule has 0 bridgehead atoms. The van der Waals surface area contributed by atoms with Crippen LogP contribution in [0.25, 0.3) is 0 Å². The number of aliphatic hydroxyl groups excluding tert-OH is 1. The maximum atomic E-state index is 8.61. The lowest BCUT2D eigenvalue weighted by molar-refractivity contribution is 0.304. The van der Waals surface area contributed by atoms with Gasteiger partial charge in [-0.3, -0.25) is 0 Å². The normalized spacial score (nSPS) is 9.61. The molecule has 18 heavy (non-hydrogen) atoms. The lowest BCUT2D eigenvalue weighted by atomic mass is 10.2. The summed E-state index contributed by atoms with van der Waals surface area (Å²) in [6.45, 7) is 0.520. The van der Waals surface area contributed by atoms with Crippen molar-refractivity contribution in [3.05, 3.63) is 47.9 Å². The van der Waals surface area contributed by atoms with E-state index in [1.807, 2.05) is 24.3 Å². The van der Waals surface area contributed by atoms with Crippen LogP contribution in [0.1, 0.15) is 17.5 Å². The maximum absolute atomic E-state index is 8.61. The molecule has 0 aliphatic heterocycles. The minimum Gasteiger partial charge on any atom is -0.489 e. The van der Waals surface area contributed by atoms with E-state index in [0.29, 0.717) is 13.0 Å². The van der Waals surface area contributed by atoms with E-state index in [4.69, 9.17) is 14.4 Å². The molecule has 0 atom stereocenters. The number of aliphatic hydroxyl groups is 1. The first-order chi connectivity index (χ1) is 8.88. The Kier molecular flexibility index (Phi) is 4.39. The van der Waals surface area contributed by atoms with Crippen LogP contribution in [0.2, 0.25) is 0 Å². The molecule has 0 aliphatic rings. The minimum atomic E-state index is 0.0902. The molecule has 0 fully saturated rings. The van der Waals surface area contributed by atoms with Crippen LogP contribution in [0.5, 0.6) is 5.75 Å². The molecule has 0 aliphatic carbocycles. The second-order valence-electron chi connectivity index (χ2n) is 3.62. The summed E-state index contributed by atoms with van der Waals surface area (Å²) in [5.74, 6) is 6.58. The summed E-state index contributed by atoms with van der Waals surface area (Å²) < 4.78 is 10.3. The second kappa shape index (κ2) is 6.48. The van der Waals surface area contributed by atoms with E-state index in [-0.39, 0.29) is 6.61 Å². The third-order valence-corrected chi connectivity index (χ3v) is 2.21. The van der Waals surface area contributed by atoms with E-state index in [1.165, 1.54) is 0 Å². The zero-order chi connectivity index (χ0) is 12.6. The van der Waals surface area contributed by atoms with Crippen LogP contribution in [0.3, 0.4) is 0 Å². The molecule has 2 rings (SSSR count). The van der Waals surface area contributed by atoms with Gasteiger partial charge in [0.05, 0.1) is 12.8 Å². The third kappa shape index (κ3) is 3.65. The summed E-state index contributed by atoms with van der Waals surface area (Å²) in [6.07, 6.45) is 3.66. The molecule has 0 spiro atoms. The molecule has 2 aromatic rings. The number of ether oxygens (including phenoxy) is 1. The van der Waals surface area contributed by atoms with Gasteiger partial charge in [-0.1, -0.05) is 17.0 Å². The van der Waals surface area contributed by atoms with Gasteiger partial charge in [-0.15, -0.1) is 0 Å². The largest absolute Gasteiger partial charge is 0.489 e. The van der Waals surface area contributed by atoms with Gasteiger partial charge < -0.3 is 14.4 Å². The van der Waals surface area contributed by atoms with E-state index < -0.39 is 0 Å². The Labute approximate surface area is 105 Å². The van der Waals surface area contributed by atoms with Crippen molar-refractivity contribution in [3.8, 4) is 17.6 Å². The van der Waals surface area contributed by atoms with Crippen molar-refractivity contribution in [3.63, 3.8) is 0 Å². The van der Waals surface area contributed by atoms with Crippen LogP contribution < -0.4 is 4.74 Å². The molecule has 1 heterocycles. The van der Waals surface area contributed by atoms with Crippen molar-refractivity contribution in [2.75, 3.05) is 6.61 Å². The lowest BCUT2D eigenvalue weighted by Crippen LogP contribution is -1.93. The Morgan fingerprint density at radius 1 is 1.28 bits per heavy atom. The van der Waals surface area contributed by atoms with Gasteiger partial charge in [0.25, 0.3) is 0 Å². The third-order valence-electron chi connectivity index (χ3n) is 2.21. The molecule has 4 heteroatoms. The van der Waals surface area contributed by atoms with Crippen LogP contribution >= 0.6 is 0 Å². The van der Waals surface area contributed by atoms with Crippen LogP contribution in [-0.4, -0.2) is 16.9 Å². The van der Waals surface area contributed by atoms with Gasteiger partial charge in [-0.2, -0.15) is 0 Å². The van der Waals surface area contributed by atoms with Crippen molar-refractivity contribution in [2.24, 2.45) is 0 Å². The molecule has 4 nitrogen and oxygen atoms in total. The predicted octanol–water partition coefficient (Wildman–Crippen LogP) is 1.99. The number of rotatable bonds is 4. The monoisotopic (exact) mass is 243 g/mol. The summed E-state index contributed by atoms with van der Waals surface area (Å²) in [7, 11) is 0. The highest BCUT2D eigenvalue weighted by Gasteiger charge is 1.97. The molecule has 92 valence electrons. The Morgan fingerprint density at radius 3 is 2.78 bits per heavy atom. The molecule has 0 unspecified atom stereocenters. The molecule has 0 radical (unpaired) electrons. The average molecular weight is 243 g/mol. The molecule has 1 aromatic heterocycles. The smallest absolute Gasteiger partial charge is 0.130 e. The first-order valence-electron chi connectivity index (χ1n) is 5.59. The van der Waals surface area contributed by atoms with Crippen LogP contribution in [-0.2, 0) is 6.61 Å². The highest BCUT2D eigenvalue weighted by molar-refractivity contribution is 5.38. The SMILES string of the molecule is OCCC#Cc1ccc(OCc2cnoc2)cc1. The second-order valence-corrected chi connectivity index (χ2v) is 3.62. The van der Waals surface area contributed by atoms with Crippen molar-refractivity contribution >= 4 is 0 Å². The lowest BCUT2D eigenvalue weighted by Gasteiger charge is -2.03. The maximum Gasteiger partial charge on any atom is 0.130 e. The summed E-state index contributed by atoms with van der Waals surface area (Å²) in [5, 5.41) is 12.2. The average Bonchev–Trinajstić information content (AvgIpc) is 2.91. The Bertz CT molecular complexity index is 520. The molecular weight excluding hydrogens is 230 g/mol. The quantitative estimate of drug-likeness (QED) is 0.834. The molecule has 1 aromatic carbocycles. The van der Waals surface area contributed by atoms with Gasteiger partial charge in [0.15, 0.2) is 0 Å². The summed E-state index contributed by atoms with van der Waals surface area (Å²) in [6, 6.07) is 7.48. The van der Waals surface area contributed by atoms with E-state index in [0.717, 1.165) is 16.9 Å². The highest BCUT2D eigenvalue weighted by atomic mass is 16.5.